The van der Waals surface area contributed by atoms with Crippen molar-refractivity contribution < 1.29 is 13.2 Å². The van der Waals surface area contributed by atoms with Crippen LogP contribution in [0.15, 0.2) is 48.7 Å². The van der Waals surface area contributed by atoms with E-state index in [1.165, 1.54) is 11.4 Å². The number of hydrogen-bond acceptors (Lipinski definition) is 4. The van der Waals surface area contributed by atoms with E-state index in [2.05, 4.69) is 4.98 Å². The van der Waals surface area contributed by atoms with E-state index in [0.717, 1.165) is 24.8 Å². The fraction of sp³-hybridized carbons (Fsp3) is 0.333. The molecule has 0 bridgehead atoms. The van der Waals surface area contributed by atoms with Crippen LogP contribution in [0, 0.1) is 0 Å². The Balaban J connectivity index is 1.81. The normalized spacial score (nSPS) is 17.5. The van der Waals surface area contributed by atoms with Crippen LogP contribution in [0.4, 0.5) is 5.69 Å². The minimum Gasteiger partial charge on any atom is -0.330 e. The number of pyridine rings is 1. The van der Waals surface area contributed by atoms with Crippen molar-refractivity contribution in [2.75, 3.05) is 24.2 Å². The van der Waals surface area contributed by atoms with Gasteiger partial charge in [-0.1, -0.05) is 6.07 Å². The number of aromatic nitrogens is 1. The van der Waals surface area contributed by atoms with Gasteiger partial charge in [-0.3, -0.25) is 14.1 Å². The van der Waals surface area contributed by atoms with Crippen molar-refractivity contribution in [1.82, 2.24) is 9.88 Å². The van der Waals surface area contributed by atoms with Crippen LogP contribution in [-0.4, -0.2) is 44.1 Å². The number of anilines is 1. The van der Waals surface area contributed by atoms with Crippen LogP contribution in [0.3, 0.4) is 0 Å². The van der Waals surface area contributed by atoms with E-state index >= 15 is 0 Å². The molecule has 25 heavy (non-hydrogen) atoms. The Labute approximate surface area is 148 Å². The summed E-state index contributed by atoms with van der Waals surface area (Å²) in [5, 5.41) is 0. The molecule has 1 fully saturated rings. The first kappa shape index (κ1) is 17.4. The minimum atomic E-state index is -3.32. The van der Waals surface area contributed by atoms with E-state index in [-0.39, 0.29) is 11.9 Å². The fourth-order valence-corrected chi connectivity index (χ4v) is 3.57. The molecule has 132 valence electrons. The van der Waals surface area contributed by atoms with Crippen LogP contribution in [0.5, 0.6) is 0 Å². The van der Waals surface area contributed by atoms with Crippen molar-refractivity contribution >= 4 is 21.6 Å². The predicted octanol–water partition coefficient (Wildman–Crippen LogP) is 2.45. The van der Waals surface area contributed by atoms with Crippen LogP contribution >= 0.6 is 0 Å². The standard InChI is InChI=1S/C18H21N3O3S/c1-20(25(2,23)24)15-10-8-14(9-11-15)18(22)21-13-5-7-17(21)16-6-3-4-12-19-16/h3-4,6,8-12,17H,5,7,13H2,1-2H3. The lowest BCUT2D eigenvalue weighted by atomic mass is 10.1. The number of hydrogen-bond donors (Lipinski definition) is 0. The lowest BCUT2D eigenvalue weighted by Gasteiger charge is -2.24. The Morgan fingerprint density at radius 3 is 2.52 bits per heavy atom. The van der Waals surface area contributed by atoms with Gasteiger partial charge in [-0.05, 0) is 49.2 Å². The van der Waals surface area contributed by atoms with Crippen molar-refractivity contribution in [3.8, 4) is 0 Å². The summed E-state index contributed by atoms with van der Waals surface area (Å²) in [6.07, 6.45) is 4.74. The van der Waals surface area contributed by atoms with E-state index in [1.54, 1.807) is 30.5 Å². The molecule has 1 aromatic carbocycles. The number of sulfonamides is 1. The zero-order valence-electron chi connectivity index (χ0n) is 14.3. The second-order valence-electron chi connectivity index (χ2n) is 6.19. The summed E-state index contributed by atoms with van der Waals surface area (Å²) in [5.74, 6) is -0.0540. The highest BCUT2D eigenvalue weighted by atomic mass is 32.2. The number of likely N-dealkylation sites (tertiary alicyclic amines) is 1. The van der Waals surface area contributed by atoms with Crippen LogP contribution in [0.1, 0.15) is 34.9 Å². The van der Waals surface area contributed by atoms with E-state index in [4.69, 9.17) is 0 Å². The number of amides is 1. The molecule has 0 N–H and O–H groups in total. The number of rotatable bonds is 4. The maximum Gasteiger partial charge on any atom is 0.254 e. The first-order chi connectivity index (χ1) is 11.9. The molecule has 1 aliphatic rings. The average Bonchev–Trinajstić information content (AvgIpc) is 3.10. The third kappa shape index (κ3) is 3.66. The molecule has 0 spiro atoms. The molecule has 0 aliphatic carbocycles. The van der Waals surface area contributed by atoms with Gasteiger partial charge >= 0.3 is 0 Å². The molecule has 0 radical (unpaired) electrons. The summed E-state index contributed by atoms with van der Waals surface area (Å²) in [5.41, 5.74) is 1.98. The van der Waals surface area contributed by atoms with Gasteiger partial charge in [-0.25, -0.2) is 8.42 Å². The number of benzene rings is 1. The molecule has 7 heteroatoms. The van der Waals surface area contributed by atoms with Gasteiger partial charge in [0.2, 0.25) is 10.0 Å². The van der Waals surface area contributed by atoms with Gasteiger partial charge in [0.25, 0.3) is 5.91 Å². The van der Waals surface area contributed by atoms with Gasteiger partial charge in [0, 0.05) is 25.4 Å². The lowest BCUT2D eigenvalue weighted by Crippen LogP contribution is -2.31. The zero-order chi connectivity index (χ0) is 18.0. The Bertz CT molecular complexity index is 851. The SMILES string of the molecule is CN(c1ccc(C(=O)N2CCCC2c2ccccn2)cc1)S(C)(=O)=O. The highest BCUT2D eigenvalue weighted by Gasteiger charge is 2.31. The molecular formula is C18H21N3O3S. The molecule has 2 aromatic rings. The quantitative estimate of drug-likeness (QED) is 0.841. The van der Waals surface area contributed by atoms with E-state index in [9.17, 15) is 13.2 Å². The smallest absolute Gasteiger partial charge is 0.254 e. The molecule has 6 nitrogen and oxygen atoms in total. The summed E-state index contributed by atoms with van der Waals surface area (Å²) < 4.78 is 24.4. The maximum absolute atomic E-state index is 12.9. The Hall–Kier alpha value is -2.41. The van der Waals surface area contributed by atoms with Crippen molar-refractivity contribution in [2.45, 2.75) is 18.9 Å². The Morgan fingerprint density at radius 2 is 1.92 bits per heavy atom. The summed E-state index contributed by atoms with van der Waals surface area (Å²) in [6.45, 7) is 0.699. The van der Waals surface area contributed by atoms with Gasteiger partial charge in [-0.2, -0.15) is 0 Å². The molecular weight excluding hydrogens is 338 g/mol. The number of carbonyl (C=O) groups excluding carboxylic acids is 1. The lowest BCUT2D eigenvalue weighted by molar-refractivity contribution is 0.0733. The van der Waals surface area contributed by atoms with Gasteiger partial charge in [0.1, 0.15) is 0 Å². The predicted molar refractivity (Wildman–Crippen MR) is 96.9 cm³/mol. The van der Waals surface area contributed by atoms with Gasteiger partial charge in [-0.15, -0.1) is 0 Å². The van der Waals surface area contributed by atoms with Crippen molar-refractivity contribution in [2.24, 2.45) is 0 Å². The first-order valence-corrected chi connectivity index (χ1v) is 9.98. The number of carbonyl (C=O) groups is 1. The minimum absolute atomic E-state index is 0.00734. The van der Waals surface area contributed by atoms with Crippen LogP contribution in [0.25, 0.3) is 0 Å². The maximum atomic E-state index is 12.9. The molecule has 1 aromatic heterocycles. The van der Waals surface area contributed by atoms with Crippen LogP contribution in [0.2, 0.25) is 0 Å². The molecule has 1 saturated heterocycles. The summed E-state index contributed by atoms with van der Waals surface area (Å²) in [4.78, 5) is 19.1. The molecule has 2 heterocycles. The first-order valence-electron chi connectivity index (χ1n) is 8.14. The largest absolute Gasteiger partial charge is 0.330 e. The molecule has 1 amide bonds. The third-order valence-electron chi connectivity index (χ3n) is 4.52. The molecule has 1 aliphatic heterocycles. The monoisotopic (exact) mass is 359 g/mol. The van der Waals surface area contributed by atoms with Crippen LogP contribution in [-0.2, 0) is 10.0 Å². The van der Waals surface area contributed by atoms with Crippen molar-refractivity contribution in [3.05, 3.63) is 59.9 Å². The number of nitrogens with zero attached hydrogens (tertiary/aromatic N) is 3. The van der Waals surface area contributed by atoms with E-state index in [1.807, 2.05) is 23.1 Å². The van der Waals surface area contributed by atoms with E-state index < -0.39 is 10.0 Å². The highest BCUT2D eigenvalue weighted by Crippen LogP contribution is 2.32. The Kier molecular flexibility index (Phi) is 4.76. The molecule has 3 rings (SSSR count). The topological polar surface area (TPSA) is 70.6 Å². The van der Waals surface area contributed by atoms with Gasteiger partial charge in [0.15, 0.2) is 0 Å². The van der Waals surface area contributed by atoms with Gasteiger partial charge in [0.05, 0.1) is 23.7 Å². The fourth-order valence-electron chi connectivity index (χ4n) is 3.06. The van der Waals surface area contributed by atoms with Crippen LogP contribution < -0.4 is 4.31 Å². The average molecular weight is 359 g/mol. The van der Waals surface area contributed by atoms with Crippen molar-refractivity contribution in [3.63, 3.8) is 0 Å². The second kappa shape index (κ2) is 6.84. The summed E-state index contributed by atoms with van der Waals surface area (Å²) in [6, 6.07) is 12.4. The Morgan fingerprint density at radius 1 is 1.20 bits per heavy atom. The third-order valence-corrected chi connectivity index (χ3v) is 5.72. The summed E-state index contributed by atoms with van der Waals surface area (Å²) >= 11 is 0. The highest BCUT2D eigenvalue weighted by molar-refractivity contribution is 7.92. The zero-order valence-corrected chi connectivity index (χ0v) is 15.1. The van der Waals surface area contributed by atoms with Crippen molar-refractivity contribution in [1.29, 1.82) is 0 Å². The second-order valence-corrected chi connectivity index (χ2v) is 8.20. The molecule has 0 saturated carbocycles. The van der Waals surface area contributed by atoms with Gasteiger partial charge < -0.3 is 4.90 Å². The molecule has 1 unspecified atom stereocenters. The van der Waals surface area contributed by atoms with E-state index in [0.29, 0.717) is 17.8 Å². The molecule has 1 atom stereocenters. The summed E-state index contributed by atoms with van der Waals surface area (Å²) in [7, 11) is -1.83.